The van der Waals surface area contributed by atoms with E-state index in [-0.39, 0.29) is 11.9 Å². The van der Waals surface area contributed by atoms with E-state index < -0.39 is 6.04 Å². The quantitative estimate of drug-likeness (QED) is 0.585. The third-order valence-corrected chi connectivity index (χ3v) is 1.39. The first-order valence-corrected chi connectivity index (χ1v) is 3.68. The number of urea groups is 1. The van der Waals surface area contributed by atoms with E-state index in [1.807, 2.05) is 0 Å². The van der Waals surface area contributed by atoms with Gasteiger partial charge in [-0.1, -0.05) is 0 Å². The van der Waals surface area contributed by atoms with Gasteiger partial charge in [0.25, 0.3) is 0 Å². The van der Waals surface area contributed by atoms with Crippen LogP contribution in [0.2, 0.25) is 0 Å². The van der Waals surface area contributed by atoms with E-state index in [2.05, 4.69) is 10.6 Å². The maximum atomic E-state index is 11.2. The number of hydrogen-bond acceptors (Lipinski definition) is 2. The maximum Gasteiger partial charge on any atom is 0.315 e. The molecule has 0 radical (unpaired) electrons. The van der Waals surface area contributed by atoms with Crippen LogP contribution < -0.4 is 10.6 Å². The molecule has 0 fully saturated rings. The van der Waals surface area contributed by atoms with Crippen molar-refractivity contribution in [2.24, 2.45) is 0 Å². The van der Waals surface area contributed by atoms with Crippen molar-refractivity contribution in [1.82, 2.24) is 15.5 Å². The molecule has 0 saturated carbocycles. The molecule has 0 rings (SSSR count). The molecule has 0 spiro atoms. The van der Waals surface area contributed by atoms with Crippen LogP contribution in [-0.4, -0.2) is 44.0 Å². The average Bonchev–Trinajstić information content (AvgIpc) is 2.02. The summed E-state index contributed by atoms with van der Waals surface area (Å²) in [6, 6.07) is -0.836. The number of nitrogens with zero attached hydrogens (tertiary/aromatic N) is 1. The Kier molecular flexibility index (Phi) is 4.10. The minimum Gasteiger partial charge on any atom is -0.347 e. The summed E-state index contributed by atoms with van der Waals surface area (Å²) in [5.41, 5.74) is 0. The van der Waals surface area contributed by atoms with Crippen molar-refractivity contribution in [1.29, 1.82) is 0 Å². The predicted octanol–water partition coefficient (Wildman–Crippen LogP) is -0.608. The molecule has 0 aliphatic rings. The summed E-state index contributed by atoms with van der Waals surface area (Å²) in [6.07, 6.45) is 0. The Morgan fingerprint density at radius 1 is 1.33 bits per heavy atom. The third-order valence-electron chi connectivity index (χ3n) is 1.39. The standard InChI is InChI=1S/C7H15N3O2/c1-5(6(11)10(3)4)9-7(12)8-2/h5H,1-4H3,(H2,8,9,12)/t5-/m1/s1. The van der Waals surface area contributed by atoms with Crippen molar-refractivity contribution in [2.45, 2.75) is 13.0 Å². The van der Waals surface area contributed by atoms with Crippen LogP contribution in [0.1, 0.15) is 6.92 Å². The summed E-state index contributed by atoms with van der Waals surface area (Å²) in [5.74, 6) is -0.126. The summed E-state index contributed by atoms with van der Waals surface area (Å²) in [6.45, 7) is 1.64. The molecule has 0 aromatic carbocycles. The highest BCUT2D eigenvalue weighted by Gasteiger charge is 2.15. The van der Waals surface area contributed by atoms with Crippen molar-refractivity contribution in [3.05, 3.63) is 0 Å². The molecule has 0 aromatic rings. The largest absolute Gasteiger partial charge is 0.347 e. The molecule has 0 aromatic heterocycles. The van der Waals surface area contributed by atoms with Gasteiger partial charge in [0.15, 0.2) is 0 Å². The zero-order valence-corrected chi connectivity index (χ0v) is 7.84. The Bertz CT molecular complexity index is 179. The Balaban J connectivity index is 3.95. The number of carbonyl (C=O) groups is 2. The molecule has 0 heterocycles. The second kappa shape index (κ2) is 4.58. The highest BCUT2D eigenvalue weighted by Crippen LogP contribution is 1.87. The van der Waals surface area contributed by atoms with Crippen LogP contribution >= 0.6 is 0 Å². The maximum absolute atomic E-state index is 11.2. The monoisotopic (exact) mass is 173 g/mol. The molecule has 1 atom stereocenters. The van der Waals surface area contributed by atoms with Crippen LogP contribution in [0.15, 0.2) is 0 Å². The molecular weight excluding hydrogens is 158 g/mol. The third kappa shape index (κ3) is 3.23. The van der Waals surface area contributed by atoms with Gasteiger partial charge in [-0.15, -0.1) is 0 Å². The summed E-state index contributed by atoms with van der Waals surface area (Å²) in [5, 5.41) is 4.84. The first-order chi connectivity index (χ1) is 5.49. The Morgan fingerprint density at radius 2 is 1.83 bits per heavy atom. The molecule has 0 bridgehead atoms. The number of amides is 3. The molecule has 0 unspecified atom stereocenters. The minimum absolute atomic E-state index is 0.126. The Labute approximate surface area is 72.1 Å². The topological polar surface area (TPSA) is 61.4 Å². The molecule has 12 heavy (non-hydrogen) atoms. The fraction of sp³-hybridized carbons (Fsp3) is 0.714. The average molecular weight is 173 g/mol. The van der Waals surface area contributed by atoms with Gasteiger partial charge < -0.3 is 15.5 Å². The number of likely N-dealkylation sites (N-methyl/N-ethyl adjacent to an activating group) is 1. The van der Waals surface area contributed by atoms with Gasteiger partial charge in [0, 0.05) is 21.1 Å². The van der Waals surface area contributed by atoms with Crippen LogP contribution in [0.5, 0.6) is 0 Å². The van der Waals surface area contributed by atoms with Crippen molar-refractivity contribution in [3.63, 3.8) is 0 Å². The lowest BCUT2D eigenvalue weighted by Gasteiger charge is -2.17. The second-order valence-corrected chi connectivity index (χ2v) is 2.68. The highest BCUT2D eigenvalue weighted by atomic mass is 16.2. The van der Waals surface area contributed by atoms with Gasteiger partial charge in [-0.3, -0.25) is 4.79 Å². The summed E-state index contributed by atoms with van der Waals surface area (Å²) >= 11 is 0. The summed E-state index contributed by atoms with van der Waals surface area (Å²) in [7, 11) is 4.79. The summed E-state index contributed by atoms with van der Waals surface area (Å²) in [4.78, 5) is 23.4. The molecule has 0 aliphatic carbocycles. The van der Waals surface area contributed by atoms with Crippen LogP contribution in [0.4, 0.5) is 4.79 Å². The van der Waals surface area contributed by atoms with Gasteiger partial charge in [-0.2, -0.15) is 0 Å². The van der Waals surface area contributed by atoms with Crippen LogP contribution in [-0.2, 0) is 4.79 Å². The van der Waals surface area contributed by atoms with E-state index in [1.165, 1.54) is 11.9 Å². The van der Waals surface area contributed by atoms with E-state index in [0.717, 1.165) is 0 Å². The zero-order valence-electron chi connectivity index (χ0n) is 7.84. The lowest BCUT2D eigenvalue weighted by atomic mass is 10.3. The van der Waals surface area contributed by atoms with Gasteiger partial charge in [0.05, 0.1) is 0 Å². The lowest BCUT2D eigenvalue weighted by molar-refractivity contribution is -0.130. The Morgan fingerprint density at radius 3 is 2.17 bits per heavy atom. The minimum atomic E-state index is -0.486. The first kappa shape index (κ1) is 10.7. The van der Waals surface area contributed by atoms with Crippen molar-refractivity contribution >= 4 is 11.9 Å². The van der Waals surface area contributed by atoms with Crippen LogP contribution in [0.25, 0.3) is 0 Å². The number of rotatable bonds is 2. The van der Waals surface area contributed by atoms with E-state index in [1.54, 1.807) is 21.0 Å². The predicted molar refractivity (Wildman–Crippen MR) is 45.7 cm³/mol. The van der Waals surface area contributed by atoms with E-state index in [9.17, 15) is 9.59 Å². The van der Waals surface area contributed by atoms with Crippen molar-refractivity contribution in [3.8, 4) is 0 Å². The zero-order chi connectivity index (χ0) is 9.72. The van der Waals surface area contributed by atoms with Gasteiger partial charge in [0.1, 0.15) is 6.04 Å². The number of hydrogen-bond donors (Lipinski definition) is 2. The van der Waals surface area contributed by atoms with E-state index in [4.69, 9.17) is 0 Å². The van der Waals surface area contributed by atoms with Crippen molar-refractivity contribution < 1.29 is 9.59 Å². The van der Waals surface area contributed by atoms with Gasteiger partial charge in [-0.25, -0.2) is 4.79 Å². The number of carbonyl (C=O) groups excluding carboxylic acids is 2. The lowest BCUT2D eigenvalue weighted by Crippen LogP contribution is -2.47. The van der Waals surface area contributed by atoms with E-state index in [0.29, 0.717) is 0 Å². The van der Waals surface area contributed by atoms with Gasteiger partial charge in [0.2, 0.25) is 5.91 Å². The molecular formula is C7H15N3O2. The molecule has 70 valence electrons. The van der Waals surface area contributed by atoms with Gasteiger partial charge in [-0.05, 0) is 6.92 Å². The second-order valence-electron chi connectivity index (χ2n) is 2.68. The molecule has 0 saturated heterocycles. The SMILES string of the molecule is CNC(=O)N[C@H](C)C(=O)N(C)C. The fourth-order valence-corrected chi connectivity index (χ4v) is 0.718. The molecule has 2 N–H and O–H groups in total. The Hall–Kier alpha value is -1.26. The highest BCUT2D eigenvalue weighted by molar-refractivity contribution is 5.86. The molecule has 5 heteroatoms. The van der Waals surface area contributed by atoms with Crippen LogP contribution in [0.3, 0.4) is 0 Å². The normalized spacial score (nSPS) is 11.7. The molecule has 3 amide bonds. The van der Waals surface area contributed by atoms with E-state index >= 15 is 0 Å². The number of nitrogens with one attached hydrogen (secondary N) is 2. The van der Waals surface area contributed by atoms with Crippen LogP contribution in [0, 0.1) is 0 Å². The molecule has 5 nitrogen and oxygen atoms in total. The molecule has 0 aliphatic heterocycles. The summed E-state index contributed by atoms with van der Waals surface area (Å²) < 4.78 is 0. The fourth-order valence-electron chi connectivity index (χ4n) is 0.718. The smallest absolute Gasteiger partial charge is 0.315 e. The van der Waals surface area contributed by atoms with Crippen molar-refractivity contribution in [2.75, 3.05) is 21.1 Å². The van der Waals surface area contributed by atoms with Gasteiger partial charge >= 0.3 is 6.03 Å². The first-order valence-electron chi connectivity index (χ1n) is 3.68.